The SMILES string of the molecule is FC(F)(F)c1nnc(Oc2cccc(C=NNc3ccccc3)c2)s1. The highest BCUT2D eigenvalue weighted by Gasteiger charge is 2.36. The summed E-state index contributed by atoms with van der Waals surface area (Å²) in [5.41, 5.74) is 4.41. The predicted molar refractivity (Wildman–Crippen MR) is 89.1 cm³/mol. The van der Waals surface area contributed by atoms with Gasteiger partial charge in [0, 0.05) is 0 Å². The van der Waals surface area contributed by atoms with Crippen molar-refractivity contribution in [2.45, 2.75) is 6.18 Å². The van der Waals surface area contributed by atoms with E-state index in [1.54, 1.807) is 30.5 Å². The Balaban J connectivity index is 1.66. The van der Waals surface area contributed by atoms with Crippen LogP contribution in [-0.2, 0) is 6.18 Å². The summed E-state index contributed by atoms with van der Waals surface area (Å²) in [7, 11) is 0. The summed E-state index contributed by atoms with van der Waals surface area (Å²) in [5, 5.41) is 9.33. The topological polar surface area (TPSA) is 59.4 Å². The van der Waals surface area contributed by atoms with Crippen molar-refractivity contribution in [3.8, 4) is 10.9 Å². The number of nitrogens with zero attached hydrogens (tertiary/aromatic N) is 3. The van der Waals surface area contributed by atoms with Crippen molar-refractivity contribution >= 4 is 23.2 Å². The number of anilines is 1. The molecule has 0 fully saturated rings. The molecule has 0 spiro atoms. The first-order chi connectivity index (χ1) is 12.0. The van der Waals surface area contributed by atoms with E-state index in [4.69, 9.17) is 4.74 Å². The quantitative estimate of drug-likeness (QED) is 0.522. The molecule has 0 amide bonds. The zero-order valence-corrected chi connectivity index (χ0v) is 13.4. The number of benzene rings is 2. The summed E-state index contributed by atoms with van der Waals surface area (Å²) in [6, 6.07) is 16.1. The van der Waals surface area contributed by atoms with Gasteiger partial charge in [-0.05, 0) is 29.8 Å². The fourth-order valence-corrected chi connectivity index (χ4v) is 2.40. The third-order valence-corrected chi connectivity index (χ3v) is 3.74. The van der Waals surface area contributed by atoms with Crippen LogP contribution in [0.5, 0.6) is 10.9 Å². The number of hydrogen-bond donors (Lipinski definition) is 1. The Labute approximate surface area is 144 Å². The first-order valence-electron chi connectivity index (χ1n) is 7.03. The molecule has 0 aliphatic rings. The fourth-order valence-electron chi connectivity index (χ4n) is 1.82. The zero-order chi connectivity index (χ0) is 17.7. The minimum absolute atomic E-state index is 0.177. The lowest BCUT2D eigenvalue weighted by molar-refractivity contribution is -0.138. The van der Waals surface area contributed by atoms with Crippen LogP contribution in [0.1, 0.15) is 10.6 Å². The third kappa shape index (κ3) is 4.77. The van der Waals surface area contributed by atoms with Gasteiger partial charge in [-0.25, -0.2) is 0 Å². The van der Waals surface area contributed by atoms with Gasteiger partial charge in [-0.1, -0.05) is 46.8 Å². The van der Waals surface area contributed by atoms with E-state index in [-0.39, 0.29) is 5.19 Å². The minimum atomic E-state index is -4.53. The zero-order valence-electron chi connectivity index (χ0n) is 12.6. The second kappa shape index (κ2) is 7.31. The number of ether oxygens (including phenoxy) is 1. The van der Waals surface area contributed by atoms with E-state index in [0.717, 1.165) is 5.69 Å². The molecule has 0 radical (unpaired) electrons. The lowest BCUT2D eigenvalue weighted by Crippen LogP contribution is -2.03. The molecule has 0 aliphatic heterocycles. The van der Waals surface area contributed by atoms with Crippen molar-refractivity contribution in [1.82, 2.24) is 10.2 Å². The van der Waals surface area contributed by atoms with Crippen LogP contribution < -0.4 is 10.2 Å². The Morgan fingerprint density at radius 2 is 1.84 bits per heavy atom. The number of alkyl halides is 3. The van der Waals surface area contributed by atoms with Crippen molar-refractivity contribution < 1.29 is 17.9 Å². The number of rotatable bonds is 5. The van der Waals surface area contributed by atoms with Crippen molar-refractivity contribution in [2.75, 3.05) is 5.43 Å². The molecule has 25 heavy (non-hydrogen) atoms. The number of hydrogen-bond acceptors (Lipinski definition) is 6. The summed E-state index contributed by atoms with van der Waals surface area (Å²) in [6.45, 7) is 0. The summed E-state index contributed by atoms with van der Waals surface area (Å²) in [6.07, 6.45) is -2.96. The van der Waals surface area contributed by atoms with E-state index in [1.807, 2.05) is 30.3 Å². The summed E-state index contributed by atoms with van der Waals surface area (Å²) in [5.74, 6) is 0.341. The number of para-hydroxylation sites is 1. The van der Waals surface area contributed by atoms with E-state index in [9.17, 15) is 13.2 Å². The lowest BCUT2D eigenvalue weighted by Gasteiger charge is -2.02. The first kappa shape index (κ1) is 16.9. The smallest absolute Gasteiger partial charge is 0.430 e. The molecule has 0 aliphatic carbocycles. The molecule has 0 saturated heterocycles. The van der Waals surface area contributed by atoms with E-state index < -0.39 is 11.2 Å². The number of halogens is 3. The van der Waals surface area contributed by atoms with Gasteiger partial charge >= 0.3 is 6.18 Å². The Bertz CT molecular complexity index is 865. The van der Waals surface area contributed by atoms with Gasteiger partial charge in [-0.15, -0.1) is 5.10 Å². The van der Waals surface area contributed by atoms with Crippen LogP contribution in [0.15, 0.2) is 59.7 Å². The standard InChI is InChI=1S/C16H11F3N4OS/c17-16(18,19)14-22-23-15(25-14)24-13-8-4-5-11(9-13)10-20-21-12-6-2-1-3-7-12/h1-10,21H. The lowest BCUT2D eigenvalue weighted by atomic mass is 10.2. The Kier molecular flexibility index (Phi) is 4.94. The molecule has 3 aromatic rings. The number of nitrogens with one attached hydrogen (secondary N) is 1. The van der Waals surface area contributed by atoms with Crippen LogP contribution in [0.3, 0.4) is 0 Å². The molecule has 0 atom stereocenters. The van der Waals surface area contributed by atoms with Gasteiger partial charge in [-0.3, -0.25) is 5.43 Å². The fraction of sp³-hybridized carbons (Fsp3) is 0.0625. The summed E-state index contributed by atoms with van der Waals surface area (Å²) in [4.78, 5) is 0. The van der Waals surface area contributed by atoms with Gasteiger partial charge in [0.1, 0.15) is 5.75 Å². The van der Waals surface area contributed by atoms with E-state index in [2.05, 4.69) is 20.7 Å². The normalized spacial score (nSPS) is 11.6. The highest BCUT2D eigenvalue weighted by molar-refractivity contribution is 7.13. The highest BCUT2D eigenvalue weighted by Crippen LogP contribution is 2.35. The maximum absolute atomic E-state index is 12.5. The molecular weight excluding hydrogens is 353 g/mol. The second-order valence-corrected chi connectivity index (χ2v) is 5.72. The molecule has 0 saturated carbocycles. The van der Waals surface area contributed by atoms with E-state index >= 15 is 0 Å². The molecule has 0 unspecified atom stereocenters. The van der Waals surface area contributed by atoms with Gasteiger partial charge in [0.15, 0.2) is 0 Å². The Morgan fingerprint density at radius 1 is 1.04 bits per heavy atom. The second-order valence-electron chi connectivity index (χ2n) is 4.78. The number of hydrazone groups is 1. The minimum Gasteiger partial charge on any atom is -0.430 e. The van der Waals surface area contributed by atoms with Crippen LogP contribution in [0.25, 0.3) is 0 Å². The first-order valence-corrected chi connectivity index (χ1v) is 7.85. The van der Waals surface area contributed by atoms with Gasteiger partial charge in [0.2, 0.25) is 5.01 Å². The average Bonchev–Trinajstić information content (AvgIpc) is 3.05. The molecule has 2 aromatic carbocycles. The number of aromatic nitrogens is 2. The highest BCUT2D eigenvalue weighted by atomic mass is 32.1. The third-order valence-electron chi connectivity index (χ3n) is 2.89. The maximum Gasteiger partial charge on any atom is 0.445 e. The van der Waals surface area contributed by atoms with Crippen molar-refractivity contribution in [3.63, 3.8) is 0 Å². The van der Waals surface area contributed by atoms with Crippen molar-refractivity contribution in [2.24, 2.45) is 5.10 Å². The largest absolute Gasteiger partial charge is 0.445 e. The molecule has 128 valence electrons. The molecule has 5 nitrogen and oxygen atoms in total. The van der Waals surface area contributed by atoms with Crippen LogP contribution >= 0.6 is 11.3 Å². The van der Waals surface area contributed by atoms with E-state index in [0.29, 0.717) is 22.6 Å². The van der Waals surface area contributed by atoms with Crippen LogP contribution in [0, 0.1) is 0 Å². The van der Waals surface area contributed by atoms with Crippen LogP contribution in [0.2, 0.25) is 0 Å². The molecule has 9 heteroatoms. The van der Waals surface area contributed by atoms with Crippen molar-refractivity contribution in [3.05, 3.63) is 65.2 Å². The monoisotopic (exact) mass is 364 g/mol. The molecule has 3 rings (SSSR count). The van der Waals surface area contributed by atoms with E-state index in [1.165, 1.54) is 0 Å². The maximum atomic E-state index is 12.5. The van der Waals surface area contributed by atoms with Gasteiger partial charge < -0.3 is 4.74 Å². The molecule has 1 heterocycles. The predicted octanol–water partition coefficient (Wildman–Crippen LogP) is 4.80. The van der Waals surface area contributed by atoms with Crippen LogP contribution in [-0.4, -0.2) is 16.4 Å². The van der Waals surface area contributed by atoms with Crippen molar-refractivity contribution in [1.29, 1.82) is 0 Å². The Morgan fingerprint density at radius 3 is 2.56 bits per heavy atom. The Hall–Kier alpha value is -2.94. The summed E-state index contributed by atoms with van der Waals surface area (Å²) >= 11 is 0.340. The van der Waals surface area contributed by atoms with Gasteiger partial charge in [0.25, 0.3) is 5.19 Å². The molecule has 1 N–H and O–H groups in total. The average molecular weight is 364 g/mol. The molecular formula is C16H11F3N4OS. The van der Waals surface area contributed by atoms with Gasteiger partial charge in [-0.2, -0.15) is 18.3 Å². The van der Waals surface area contributed by atoms with Gasteiger partial charge in [0.05, 0.1) is 11.9 Å². The van der Waals surface area contributed by atoms with Crippen LogP contribution in [0.4, 0.5) is 18.9 Å². The molecule has 0 bridgehead atoms. The summed E-state index contributed by atoms with van der Waals surface area (Å²) < 4.78 is 42.9. The molecule has 1 aromatic heterocycles.